The Balaban J connectivity index is 2.17. The lowest BCUT2D eigenvalue weighted by Gasteiger charge is -2.28. The van der Waals surface area contributed by atoms with Crippen molar-refractivity contribution in [2.24, 2.45) is 0 Å². The van der Waals surface area contributed by atoms with E-state index in [0.29, 0.717) is 11.6 Å². The van der Waals surface area contributed by atoms with Crippen LogP contribution in [0.2, 0.25) is 0 Å². The molecule has 0 aliphatic heterocycles. The highest BCUT2D eigenvalue weighted by atomic mass is 16.4. The molecule has 4 nitrogen and oxygen atoms in total. The highest BCUT2D eigenvalue weighted by Gasteiger charge is 2.23. The lowest BCUT2D eigenvalue weighted by Crippen LogP contribution is -2.17. The molecule has 17 heavy (non-hydrogen) atoms. The van der Waals surface area contributed by atoms with E-state index >= 15 is 0 Å². The predicted octanol–water partition coefficient (Wildman–Crippen LogP) is 2.77. The van der Waals surface area contributed by atoms with E-state index in [1.165, 1.54) is 19.3 Å². The quantitative estimate of drug-likeness (QED) is 0.863. The minimum absolute atomic E-state index is 0.302. The van der Waals surface area contributed by atoms with Crippen molar-refractivity contribution in [1.29, 1.82) is 0 Å². The number of benzene rings is 1. The second-order valence-corrected chi connectivity index (χ2v) is 4.62. The first-order valence-corrected chi connectivity index (χ1v) is 5.88. The van der Waals surface area contributed by atoms with E-state index in [4.69, 9.17) is 5.11 Å². The third kappa shape index (κ3) is 1.52. The molecule has 1 saturated carbocycles. The molecule has 0 spiro atoms. The summed E-state index contributed by atoms with van der Waals surface area (Å²) < 4.78 is 2.24. The highest BCUT2D eigenvalue weighted by molar-refractivity contribution is 5.92. The minimum atomic E-state index is -0.900. The molecule has 2 aromatic rings. The average Bonchev–Trinajstić information content (AvgIpc) is 2.52. The van der Waals surface area contributed by atoms with Gasteiger partial charge in [0.2, 0.25) is 0 Å². The zero-order valence-electron chi connectivity index (χ0n) is 9.68. The van der Waals surface area contributed by atoms with Gasteiger partial charge in [-0.1, -0.05) is 0 Å². The summed E-state index contributed by atoms with van der Waals surface area (Å²) in [6.45, 7) is 1.98. The Hall–Kier alpha value is -1.84. The average molecular weight is 230 g/mol. The molecule has 1 aromatic carbocycles. The predicted molar refractivity (Wildman–Crippen MR) is 64.3 cm³/mol. The number of imidazole rings is 1. The van der Waals surface area contributed by atoms with Crippen molar-refractivity contribution < 1.29 is 9.90 Å². The van der Waals surface area contributed by atoms with E-state index in [1.807, 2.05) is 13.0 Å². The molecule has 1 heterocycles. The highest BCUT2D eigenvalue weighted by Crippen LogP contribution is 2.35. The molecule has 88 valence electrons. The van der Waals surface area contributed by atoms with E-state index in [-0.39, 0.29) is 0 Å². The van der Waals surface area contributed by atoms with Crippen LogP contribution in [0, 0.1) is 6.92 Å². The molecule has 0 bridgehead atoms. The summed E-state index contributed by atoms with van der Waals surface area (Å²) in [4.78, 5) is 15.4. The number of rotatable bonds is 2. The van der Waals surface area contributed by atoms with Crippen molar-refractivity contribution in [1.82, 2.24) is 9.55 Å². The number of aryl methyl sites for hydroxylation is 1. The number of hydrogen-bond acceptors (Lipinski definition) is 2. The van der Waals surface area contributed by atoms with Crippen molar-refractivity contribution >= 4 is 17.0 Å². The van der Waals surface area contributed by atoms with Crippen LogP contribution in [-0.2, 0) is 0 Å². The van der Waals surface area contributed by atoms with Crippen LogP contribution in [-0.4, -0.2) is 20.6 Å². The van der Waals surface area contributed by atoms with Gasteiger partial charge in [0, 0.05) is 6.04 Å². The van der Waals surface area contributed by atoms with Crippen LogP contribution in [0.5, 0.6) is 0 Å². The van der Waals surface area contributed by atoms with Gasteiger partial charge < -0.3 is 9.67 Å². The number of hydrogen-bond donors (Lipinski definition) is 1. The van der Waals surface area contributed by atoms with E-state index in [2.05, 4.69) is 9.55 Å². The fraction of sp³-hybridized carbons (Fsp3) is 0.385. The number of carboxylic acid groups (broad SMARTS) is 1. The summed E-state index contributed by atoms with van der Waals surface area (Å²) >= 11 is 0. The second kappa shape index (κ2) is 3.58. The molecule has 1 aromatic heterocycles. The Morgan fingerprint density at radius 2 is 2.24 bits per heavy atom. The summed E-state index contributed by atoms with van der Waals surface area (Å²) in [6.07, 6.45) is 3.68. The van der Waals surface area contributed by atoms with E-state index < -0.39 is 5.97 Å². The van der Waals surface area contributed by atoms with Crippen LogP contribution in [0.3, 0.4) is 0 Å². The van der Waals surface area contributed by atoms with Crippen molar-refractivity contribution in [2.45, 2.75) is 32.2 Å². The van der Waals surface area contributed by atoms with Crippen molar-refractivity contribution in [2.75, 3.05) is 0 Å². The van der Waals surface area contributed by atoms with Crippen LogP contribution in [0.4, 0.5) is 0 Å². The molecule has 0 saturated heterocycles. The third-order valence-electron chi connectivity index (χ3n) is 3.55. The van der Waals surface area contributed by atoms with Crippen LogP contribution in [0.15, 0.2) is 18.2 Å². The number of nitrogens with zero attached hydrogens (tertiary/aromatic N) is 2. The summed E-state index contributed by atoms with van der Waals surface area (Å²) in [5.74, 6) is 0.0787. The van der Waals surface area contributed by atoms with Gasteiger partial charge in [0.25, 0.3) is 0 Å². The van der Waals surface area contributed by atoms with E-state index in [1.54, 1.807) is 12.1 Å². The third-order valence-corrected chi connectivity index (χ3v) is 3.55. The molecule has 1 aliphatic carbocycles. The molecule has 0 amide bonds. The van der Waals surface area contributed by atoms with Crippen LogP contribution in [0.25, 0.3) is 11.0 Å². The first kappa shape index (κ1) is 10.3. The van der Waals surface area contributed by atoms with Crippen LogP contribution >= 0.6 is 0 Å². The van der Waals surface area contributed by atoms with Gasteiger partial charge in [-0.05, 0) is 44.4 Å². The fourth-order valence-electron chi connectivity index (χ4n) is 2.46. The van der Waals surface area contributed by atoms with Crippen LogP contribution in [0.1, 0.15) is 41.5 Å². The first-order chi connectivity index (χ1) is 8.16. The van der Waals surface area contributed by atoms with E-state index in [9.17, 15) is 4.79 Å². The largest absolute Gasteiger partial charge is 0.478 e. The lowest BCUT2D eigenvalue weighted by molar-refractivity contribution is 0.0697. The summed E-state index contributed by atoms with van der Waals surface area (Å²) in [5.41, 5.74) is 2.14. The minimum Gasteiger partial charge on any atom is -0.478 e. The zero-order valence-corrected chi connectivity index (χ0v) is 9.68. The van der Waals surface area contributed by atoms with Gasteiger partial charge in [0.05, 0.1) is 16.6 Å². The molecular formula is C13H14N2O2. The number of carboxylic acids is 1. The monoisotopic (exact) mass is 230 g/mol. The number of carbonyl (C=O) groups is 1. The molecule has 0 radical (unpaired) electrons. The zero-order chi connectivity index (χ0) is 12.0. The standard InChI is InChI=1S/C13H14N2O2/c1-8-14-11-7-9(13(16)17)5-6-12(11)15(8)10-3-2-4-10/h5-7,10H,2-4H2,1H3,(H,16,17). The molecule has 4 heteroatoms. The Morgan fingerprint density at radius 1 is 1.47 bits per heavy atom. The topological polar surface area (TPSA) is 55.1 Å². The van der Waals surface area contributed by atoms with Gasteiger partial charge in [0.15, 0.2) is 0 Å². The van der Waals surface area contributed by atoms with Crippen molar-refractivity contribution in [3.63, 3.8) is 0 Å². The Kier molecular flexibility index (Phi) is 2.18. The molecule has 3 rings (SSSR count). The maximum absolute atomic E-state index is 10.9. The Bertz CT molecular complexity index is 597. The van der Waals surface area contributed by atoms with Gasteiger partial charge in [-0.25, -0.2) is 9.78 Å². The summed E-state index contributed by atoms with van der Waals surface area (Å²) in [6, 6.07) is 5.73. The molecule has 0 atom stereocenters. The van der Waals surface area contributed by atoms with E-state index in [0.717, 1.165) is 16.9 Å². The number of aromatic carboxylic acids is 1. The summed E-state index contributed by atoms with van der Waals surface area (Å²) in [7, 11) is 0. The van der Waals surface area contributed by atoms with Crippen LogP contribution < -0.4 is 0 Å². The SMILES string of the molecule is Cc1nc2cc(C(=O)O)ccc2n1C1CCC1. The molecule has 0 unspecified atom stereocenters. The van der Waals surface area contributed by atoms with Gasteiger partial charge in [-0.3, -0.25) is 0 Å². The second-order valence-electron chi connectivity index (χ2n) is 4.62. The summed E-state index contributed by atoms with van der Waals surface area (Å²) in [5, 5.41) is 8.95. The Morgan fingerprint density at radius 3 is 2.82 bits per heavy atom. The van der Waals surface area contributed by atoms with Gasteiger partial charge >= 0.3 is 5.97 Å². The maximum Gasteiger partial charge on any atom is 0.335 e. The fourth-order valence-corrected chi connectivity index (χ4v) is 2.46. The molecule has 1 N–H and O–H groups in total. The lowest BCUT2D eigenvalue weighted by atomic mass is 9.92. The Labute approximate surface area is 98.9 Å². The molecule has 1 fully saturated rings. The van der Waals surface area contributed by atoms with Crippen molar-refractivity contribution in [3.8, 4) is 0 Å². The molecular weight excluding hydrogens is 216 g/mol. The number of fused-ring (bicyclic) bond motifs is 1. The normalized spacial score (nSPS) is 16.1. The van der Waals surface area contributed by atoms with Gasteiger partial charge in [-0.15, -0.1) is 0 Å². The van der Waals surface area contributed by atoms with Gasteiger partial charge in [0.1, 0.15) is 5.82 Å². The maximum atomic E-state index is 10.9. The number of aromatic nitrogens is 2. The first-order valence-electron chi connectivity index (χ1n) is 5.88. The van der Waals surface area contributed by atoms with Gasteiger partial charge in [-0.2, -0.15) is 0 Å². The smallest absolute Gasteiger partial charge is 0.335 e. The molecule has 1 aliphatic rings. The van der Waals surface area contributed by atoms with Crippen molar-refractivity contribution in [3.05, 3.63) is 29.6 Å².